The molecule has 2 fully saturated rings. The number of ether oxygens (including phenoxy) is 1. The highest BCUT2D eigenvalue weighted by molar-refractivity contribution is 6.40. The van der Waals surface area contributed by atoms with Crippen LogP contribution in [0.2, 0.25) is 0 Å². The van der Waals surface area contributed by atoms with Crippen LogP contribution in [0.15, 0.2) is 53.7 Å². The standard InChI is InChI=1S/C28H36FN7O4/c1-6-20-23(25(30)38)33-35(27(20)34(4)28(40-5)31-7-2)15-21(37)36-19-12-11-17(13-19)24(36)26(39)32-14-18-10-8-9-16(3)22(18)29/h6-10,17,19-20,24,27H,1-2,11-15H2,3-5H3,(H2,30,38)(H,32,39)/t17-,19+,20?,24-,27?/m0/s1. The van der Waals surface area contributed by atoms with E-state index >= 15 is 0 Å². The van der Waals surface area contributed by atoms with Crippen LogP contribution < -0.4 is 11.1 Å². The van der Waals surface area contributed by atoms with E-state index < -0.39 is 24.0 Å². The smallest absolute Gasteiger partial charge is 0.293 e. The predicted octanol–water partition coefficient (Wildman–Crippen LogP) is 1.49. The number of hydrogen-bond donors (Lipinski definition) is 2. The number of nitrogens with one attached hydrogen (secondary N) is 1. The maximum atomic E-state index is 14.5. The average Bonchev–Trinajstić information content (AvgIpc) is 3.65. The first kappa shape index (κ1) is 28.8. The number of likely N-dealkylation sites (tertiary alicyclic amines) is 1. The third-order valence-corrected chi connectivity index (χ3v) is 7.93. The molecule has 11 nitrogen and oxygen atoms in total. The third kappa shape index (κ3) is 5.30. The Labute approximate surface area is 233 Å². The molecule has 214 valence electrons. The van der Waals surface area contributed by atoms with E-state index in [1.165, 1.54) is 24.4 Å². The van der Waals surface area contributed by atoms with E-state index in [2.05, 4.69) is 28.6 Å². The van der Waals surface area contributed by atoms with Gasteiger partial charge in [-0.1, -0.05) is 30.9 Å². The molecule has 2 aliphatic heterocycles. The lowest BCUT2D eigenvalue weighted by atomic mass is 9.97. The Morgan fingerprint density at radius 1 is 1.32 bits per heavy atom. The number of rotatable bonds is 9. The Kier molecular flexibility index (Phi) is 8.55. The van der Waals surface area contributed by atoms with Crippen LogP contribution in [0.1, 0.15) is 30.4 Å². The number of halogens is 1. The van der Waals surface area contributed by atoms with Gasteiger partial charge < -0.3 is 25.6 Å². The first-order chi connectivity index (χ1) is 19.1. The van der Waals surface area contributed by atoms with Crippen LogP contribution in [-0.2, 0) is 25.7 Å². The van der Waals surface area contributed by atoms with Gasteiger partial charge in [-0.05, 0) is 37.7 Å². The van der Waals surface area contributed by atoms with Crippen molar-refractivity contribution in [2.75, 3.05) is 20.7 Å². The lowest BCUT2D eigenvalue weighted by Gasteiger charge is -2.38. The molecule has 5 atom stereocenters. The molecular weight excluding hydrogens is 517 g/mol. The normalized spacial score (nSPS) is 25.4. The lowest BCUT2D eigenvalue weighted by Crippen LogP contribution is -2.56. The van der Waals surface area contributed by atoms with Crippen molar-refractivity contribution in [1.82, 2.24) is 20.1 Å². The molecule has 1 saturated heterocycles. The predicted molar refractivity (Wildman–Crippen MR) is 148 cm³/mol. The zero-order chi connectivity index (χ0) is 29.1. The van der Waals surface area contributed by atoms with Crippen molar-refractivity contribution in [3.63, 3.8) is 0 Å². The molecule has 1 aromatic carbocycles. The fourth-order valence-electron chi connectivity index (χ4n) is 6.12. The van der Waals surface area contributed by atoms with Gasteiger partial charge in [0.05, 0.1) is 13.0 Å². The summed E-state index contributed by atoms with van der Waals surface area (Å²) in [7, 11) is 3.12. The average molecular weight is 554 g/mol. The molecule has 0 radical (unpaired) electrons. The highest BCUT2D eigenvalue weighted by Gasteiger charge is 2.52. The van der Waals surface area contributed by atoms with E-state index in [1.807, 2.05) is 0 Å². The van der Waals surface area contributed by atoms with Crippen molar-refractivity contribution in [1.29, 1.82) is 0 Å². The number of aryl methyl sites for hydroxylation is 1. The summed E-state index contributed by atoms with van der Waals surface area (Å²) in [5.41, 5.74) is 6.54. The largest absolute Gasteiger partial charge is 0.468 e. The number of fused-ring (bicyclic) bond motifs is 2. The van der Waals surface area contributed by atoms with Crippen molar-refractivity contribution >= 4 is 29.5 Å². The van der Waals surface area contributed by atoms with Crippen molar-refractivity contribution in [2.24, 2.45) is 27.7 Å². The molecule has 40 heavy (non-hydrogen) atoms. The van der Waals surface area contributed by atoms with Crippen LogP contribution in [0, 0.1) is 24.6 Å². The van der Waals surface area contributed by atoms with Gasteiger partial charge in [0.15, 0.2) is 0 Å². The lowest BCUT2D eigenvalue weighted by molar-refractivity contribution is -0.144. The number of hydrazone groups is 1. The van der Waals surface area contributed by atoms with E-state index in [9.17, 15) is 18.8 Å². The maximum Gasteiger partial charge on any atom is 0.293 e. The molecule has 1 aliphatic carbocycles. The van der Waals surface area contributed by atoms with Crippen LogP contribution in [0.25, 0.3) is 0 Å². The molecular formula is C28H36FN7O4. The summed E-state index contributed by atoms with van der Waals surface area (Å²) in [6.45, 7) is 8.91. The summed E-state index contributed by atoms with van der Waals surface area (Å²) < 4.78 is 19.9. The molecule has 2 heterocycles. The minimum absolute atomic E-state index is 0.0128. The SMILES string of the molecule is C=CN=C(OC)N(C)C1C(C=C)C(C(N)=O)=NN1CC(=O)N1[C@@H]2CC[C@@H](C2)[C@H]1C(=O)NCc1cccc(C)c1F. The number of amides is 3. The molecule has 1 saturated carbocycles. The number of hydrogen-bond acceptors (Lipinski definition) is 7. The zero-order valence-corrected chi connectivity index (χ0v) is 23.0. The number of methoxy groups -OCH3 is 1. The number of aliphatic imine (C=N–C) groups is 1. The van der Waals surface area contributed by atoms with E-state index in [0.29, 0.717) is 11.1 Å². The van der Waals surface area contributed by atoms with Gasteiger partial charge >= 0.3 is 0 Å². The number of carbonyl (C=O) groups excluding carboxylic acids is 3. The topological polar surface area (TPSA) is 133 Å². The molecule has 0 aromatic heterocycles. The summed E-state index contributed by atoms with van der Waals surface area (Å²) in [6, 6.07) is 4.46. The van der Waals surface area contributed by atoms with Crippen LogP contribution in [0.5, 0.6) is 0 Å². The van der Waals surface area contributed by atoms with E-state index in [1.54, 1.807) is 42.0 Å². The van der Waals surface area contributed by atoms with Gasteiger partial charge in [-0.25, -0.2) is 9.38 Å². The number of primary amides is 1. The highest BCUT2D eigenvalue weighted by atomic mass is 19.1. The number of piperidine rings is 1. The van der Waals surface area contributed by atoms with Crippen molar-refractivity contribution < 1.29 is 23.5 Å². The maximum absolute atomic E-state index is 14.5. The van der Waals surface area contributed by atoms with E-state index in [-0.39, 0.29) is 54.4 Å². The second-order valence-electron chi connectivity index (χ2n) is 10.3. The van der Waals surface area contributed by atoms with Gasteiger partial charge in [0.25, 0.3) is 11.9 Å². The molecule has 12 heteroatoms. The molecule has 3 N–H and O–H groups in total. The van der Waals surface area contributed by atoms with Crippen LogP contribution in [-0.4, -0.2) is 83.2 Å². The van der Waals surface area contributed by atoms with E-state index in [0.717, 1.165) is 19.3 Å². The molecule has 4 rings (SSSR count). The summed E-state index contributed by atoms with van der Waals surface area (Å²) in [6.07, 6.45) is 4.50. The second kappa shape index (κ2) is 11.9. The first-order valence-electron chi connectivity index (χ1n) is 13.2. The van der Waals surface area contributed by atoms with Gasteiger partial charge in [0, 0.05) is 31.4 Å². The van der Waals surface area contributed by atoms with Crippen molar-refractivity contribution in [3.8, 4) is 0 Å². The molecule has 3 aliphatic rings. The Hall–Kier alpha value is -4.22. The van der Waals surface area contributed by atoms with Gasteiger partial charge in [0.2, 0.25) is 11.8 Å². The molecule has 0 spiro atoms. The quantitative estimate of drug-likeness (QED) is 0.271. The summed E-state index contributed by atoms with van der Waals surface area (Å²) in [4.78, 5) is 46.8. The summed E-state index contributed by atoms with van der Waals surface area (Å²) in [5, 5.41) is 8.68. The number of benzene rings is 1. The fraction of sp³-hybridized carbons (Fsp3) is 0.464. The fourth-order valence-corrected chi connectivity index (χ4v) is 6.12. The van der Waals surface area contributed by atoms with Crippen molar-refractivity contribution in [3.05, 3.63) is 60.6 Å². The second-order valence-corrected chi connectivity index (χ2v) is 10.3. The molecule has 2 unspecified atom stereocenters. The highest BCUT2D eigenvalue weighted by Crippen LogP contribution is 2.43. The Morgan fingerprint density at radius 2 is 2.08 bits per heavy atom. The van der Waals surface area contributed by atoms with Crippen LogP contribution >= 0.6 is 0 Å². The number of nitrogens with zero attached hydrogens (tertiary/aromatic N) is 5. The minimum atomic E-state index is -0.737. The Balaban J connectivity index is 1.56. The van der Waals surface area contributed by atoms with Gasteiger partial charge in [-0.2, -0.15) is 5.10 Å². The first-order valence-corrected chi connectivity index (χ1v) is 13.2. The summed E-state index contributed by atoms with van der Waals surface area (Å²) >= 11 is 0. The Morgan fingerprint density at radius 3 is 2.73 bits per heavy atom. The molecule has 3 amide bonds. The molecule has 1 aromatic rings. The minimum Gasteiger partial charge on any atom is -0.468 e. The molecule has 2 bridgehead atoms. The van der Waals surface area contributed by atoms with Crippen LogP contribution in [0.3, 0.4) is 0 Å². The number of nitrogens with two attached hydrogens (primary N) is 1. The summed E-state index contributed by atoms with van der Waals surface area (Å²) in [5.74, 6) is -2.36. The number of carbonyl (C=O) groups is 3. The van der Waals surface area contributed by atoms with Gasteiger partial charge in [-0.3, -0.25) is 19.4 Å². The van der Waals surface area contributed by atoms with Gasteiger partial charge in [0.1, 0.15) is 30.3 Å². The van der Waals surface area contributed by atoms with E-state index in [4.69, 9.17) is 10.5 Å². The van der Waals surface area contributed by atoms with Gasteiger partial charge in [-0.15, -0.1) is 6.58 Å². The van der Waals surface area contributed by atoms with Crippen LogP contribution in [0.4, 0.5) is 4.39 Å². The third-order valence-electron chi connectivity index (χ3n) is 7.93. The number of amidine groups is 1. The van der Waals surface area contributed by atoms with Crippen molar-refractivity contribution in [2.45, 2.75) is 51.0 Å². The monoisotopic (exact) mass is 553 g/mol. The zero-order valence-electron chi connectivity index (χ0n) is 23.0. The Bertz CT molecular complexity index is 1270.